The lowest BCUT2D eigenvalue weighted by atomic mass is 10.1. The minimum absolute atomic E-state index is 0.371. The molecular formula is C13H19N3O. The van der Waals surface area contributed by atoms with Crippen LogP contribution in [-0.2, 0) is 5.60 Å². The van der Waals surface area contributed by atoms with Crippen molar-refractivity contribution < 1.29 is 5.11 Å². The third-order valence-corrected chi connectivity index (χ3v) is 2.27. The average Bonchev–Trinajstić information content (AvgIpc) is 2.61. The maximum absolute atomic E-state index is 10.1. The van der Waals surface area contributed by atoms with Gasteiger partial charge in [0.2, 0.25) is 0 Å². The summed E-state index contributed by atoms with van der Waals surface area (Å²) < 4.78 is 1.60. The van der Waals surface area contributed by atoms with Crippen LogP contribution in [0.15, 0.2) is 36.9 Å². The zero-order valence-corrected chi connectivity index (χ0v) is 10.5. The fraction of sp³-hybridized carbons (Fsp3) is 0.308. The number of anilines is 1. The summed E-state index contributed by atoms with van der Waals surface area (Å²) in [6, 6.07) is 1.66. The van der Waals surface area contributed by atoms with E-state index in [0.29, 0.717) is 11.5 Å². The molecule has 1 aromatic heterocycles. The van der Waals surface area contributed by atoms with Gasteiger partial charge in [0.15, 0.2) is 0 Å². The largest absolute Gasteiger partial charge is 0.384 e. The van der Waals surface area contributed by atoms with Gasteiger partial charge in [0.05, 0.1) is 11.4 Å². The molecule has 0 amide bonds. The van der Waals surface area contributed by atoms with Crippen LogP contribution in [-0.4, -0.2) is 14.9 Å². The lowest BCUT2D eigenvalue weighted by Crippen LogP contribution is -2.20. The third-order valence-electron chi connectivity index (χ3n) is 2.27. The molecule has 0 aliphatic heterocycles. The molecule has 0 atom stereocenters. The van der Waals surface area contributed by atoms with Crippen LogP contribution < -0.4 is 5.73 Å². The number of hydrogen-bond acceptors (Lipinski definition) is 3. The fourth-order valence-corrected chi connectivity index (χ4v) is 1.45. The van der Waals surface area contributed by atoms with E-state index in [9.17, 15) is 5.11 Å². The molecule has 1 heterocycles. The van der Waals surface area contributed by atoms with Gasteiger partial charge in [-0.1, -0.05) is 18.7 Å². The minimum Gasteiger partial charge on any atom is -0.384 e. The number of hydrogen-bond donors (Lipinski definition) is 2. The predicted octanol–water partition coefficient (Wildman–Crippen LogP) is 2.30. The molecular weight excluding hydrogens is 214 g/mol. The first kappa shape index (κ1) is 13.3. The van der Waals surface area contributed by atoms with E-state index in [1.807, 2.05) is 25.2 Å². The summed E-state index contributed by atoms with van der Waals surface area (Å²) >= 11 is 0. The van der Waals surface area contributed by atoms with Crippen molar-refractivity contribution in [1.29, 1.82) is 0 Å². The number of nitrogens with two attached hydrogens (primary N) is 1. The third kappa shape index (κ3) is 3.07. The summed E-state index contributed by atoms with van der Waals surface area (Å²) in [4.78, 5) is 0. The molecule has 0 unspecified atom stereocenters. The molecule has 0 fully saturated rings. The highest BCUT2D eigenvalue weighted by Crippen LogP contribution is 2.24. The van der Waals surface area contributed by atoms with Gasteiger partial charge in [0.1, 0.15) is 11.4 Å². The second-order valence-corrected chi connectivity index (χ2v) is 4.25. The van der Waals surface area contributed by atoms with E-state index < -0.39 is 5.60 Å². The van der Waals surface area contributed by atoms with Gasteiger partial charge in [-0.25, -0.2) is 4.68 Å². The first-order valence-corrected chi connectivity index (χ1v) is 5.44. The molecule has 4 nitrogen and oxygen atoms in total. The van der Waals surface area contributed by atoms with Crippen molar-refractivity contribution in [2.45, 2.75) is 26.4 Å². The maximum Gasteiger partial charge on any atom is 0.146 e. The fourth-order valence-electron chi connectivity index (χ4n) is 1.45. The van der Waals surface area contributed by atoms with E-state index in [2.05, 4.69) is 11.7 Å². The van der Waals surface area contributed by atoms with Gasteiger partial charge in [-0.05, 0) is 32.9 Å². The molecule has 0 bridgehead atoms. The Labute approximate surface area is 102 Å². The van der Waals surface area contributed by atoms with E-state index in [-0.39, 0.29) is 0 Å². The molecule has 3 N–H and O–H groups in total. The highest BCUT2D eigenvalue weighted by Gasteiger charge is 2.23. The minimum atomic E-state index is -1.01. The molecule has 17 heavy (non-hydrogen) atoms. The first-order valence-electron chi connectivity index (χ1n) is 5.44. The molecule has 0 aliphatic rings. The van der Waals surface area contributed by atoms with Gasteiger partial charge < -0.3 is 10.8 Å². The van der Waals surface area contributed by atoms with Gasteiger partial charge in [-0.15, -0.1) is 0 Å². The van der Waals surface area contributed by atoms with Crippen molar-refractivity contribution in [2.24, 2.45) is 0 Å². The number of aromatic nitrogens is 2. The molecule has 0 saturated heterocycles. The van der Waals surface area contributed by atoms with Gasteiger partial charge >= 0.3 is 0 Å². The Balaban J connectivity index is 3.34. The summed E-state index contributed by atoms with van der Waals surface area (Å²) in [5, 5.41) is 14.2. The predicted molar refractivity (Wildman–Crippen MR) is 71.2 cm³/mol. The smallest absolute Gasteiger partial charge is 0.146 e. The van der Waals surface area contributed by atoms with E-state index in [1.165, 1.54) is 0 Å². The number of nitrogens with zero attached hydrogens (tertiary/aromatic N) is 2. The van der Waals surface area contributed by atoms with Crippen molar-refractivity contribution in [3.8, 4) is 0 Å². The van der Waals surface area contributed by atoms with Gasteiger partial charge in [0, 0.05) is 6.07 Å². The lowest BCUT2D eigenvalue weighted by molar-refractivity contribution is 0.0715. The van der Waals surface area contributed by atoms with Crippen LogP contribution in [0.3, 0.4) is 0 Å². The number of allylic oxidation sites excluding steroid dienone is 5. The van der Waals surface area contributed by atoms with Crippen LogP contribution in [0.1, 0.15) is 26.5 Å². The molecule has 4 heteroatoms. The molecule has 0 spiro atoms. The van der Waals surface area contributed by atoms with Crippen LogP contribution in [0.2, 0.25) is 0 Å². The molecule has 0 aromatic carbocycles. The zero-order chi connectivity index (χ0) is 13.1. The summed E-state index contributed by atoms with van der Waals surface area (Å²) in [7, 11) is 0. The highest BCUT2D eigenvalue weighted by molar-refractivity contribution is 5.60. The number of nitrogen functional groups attached to an aromatic ring is 1. The van der Waals surface area contributed by atoms with Gasteiger partial charge in [0.25, 0.3) is 0 Å². The number of aliphatic hydroxyl groups is 1. The van der Waals surface area contributed by atoms with E-state index in [0.717, 1.165) is 5.70 Å². The molecule has 1 aromatic rings. The standard InChI is InChI=1S/C13H19N3O/c1-5-7-8-10(6-2)16-11(13(3,4)17)9-12(14)15-16/h5-9,17H,2H2,1,3-4H3,(H2,14,15)/b7-5-,10-8+. The highest BCUT2D eigenvalue weighted by atomic mass is 16.3. The maximum atomic E-state index is 10.1. The molecule has 0 saturated carbocycles. The molecule has 0 aliphatic carbocycles. The molecule has 1 rings (SSSR count). The average molecular weight is 233 g/mol. The Morgan fingerprint density at radius 1 is 1.59 bits per heavy atom. The zero-order valence-electron chi connectivity index (χ0n) is 10.5. The Bertz CT molecular complexity index is 461. The van der Waals surface area contributed by atoms with Crippen LogP contribution in [0.4, 0.5) is 5.82 Å². The summed E-state index contributed by atoms with van der Waals surface area (Å²) in [5.41, 5.74) is 6.05. The topological polar surface area (TPSA) is 64.1 Å². The Morgan fingerprint density at radius 3 is 2.71 bits per heavy atom. The second-order valence-electron chi connectivity index (χ2n) is 4.25. The molecule has 0 radical (unpaired) electrons. The van der Waals surface area contributed by atoms with E-state index in [4.69, 9.17) is 5.73 Å². The van der Waals surface area contributed by atoms with Crippen molar-refractivity contribution in [3.05, 3.63) is 42.6 Å². The van der Waals surface area contributed by atoms with E-state index in [1.54, 1.807) is 30.7 Å². The lowest BCUT2D eigenvalue weighted by Gasteiger charge is -2.19. The molecule has 92 valence electrons. The SMILES string of the molecule is C=C/C(=C\C=C/C)n1nc(N)cc1C(C)(C)O. The van der Waals surface area contributed by atoms with Crippen molar-refractivity contribution in [3.63, 3.8) is 0 Å². The summed E-state index contributed by atoms with van der Waals surface area (Å²) in [6.45, 7) is 9.04. The van der Waals surface area contributed by atoms with Crippen molar-refractivity contribution in [2.75, 3.05) is 5.73 Å². The summed E-state index contributed by atoms with van der Waals surface area (Å²) in [6.07, 6.45) is 7.31. The van der Waals surface area contributed by atoms with Crippen molar-refractivity contribution in [1.82, 2.24) is 9.78 Å². The van der Waals surface area contributed by atoms with E-state index >= 15 is 0 Å². The van der Waals surface area contributed by atoms with Crippen LogP contribution in [0.25, 0.3) is 5.70 Å². The van der Waals surface area contributed by atoms with Gasteiger partial charge in [-0.2, -0.15) is 5.10 Å². The normalized spacial score (nSPS) is 13.3. The first-order chi connectivity index (χ1) is 7.90. The van der Waals surface area contributed by atoms with Gasteiger partial charge in [-0.3, -0.25) is 0 Å². The number of rotatable bonds is 4. The monoisotopic (exact) mass is 233 g/mol. The summed E-state index contributed by atoms with van der Waals surface area (Å²) in [5.74, 6) is 0.371. The Kier molecular flexibility index (Phi) is 3.91. The van der Waals surface area contributed by atoms with Crippen LogP contribution in [0, 0.1) is 0 Å². The van der Waals surface area contributed by atoms with Crippen LogP contribution in [0.5, 0.6) is 0 Å². The van der Waals surface area contributed by atoms with Crippen molar-refractivity contribution >= 4 is 11.5 Å². The quantitative estimate of drug-likeness (QED) is 0.784. The van der Waals surface area contributed by atoms with Crippen LogP contribution >= 0.6 is 0 Å². The Hall–Kier alpha value is -1.81. The Morgan fingerprint density at radius 2 is 2.24 bits per heavy atom. The second kappa shape index (κ2) is 5.01.